The second kappa shape index (κ2) is 8.42. The van der Waals surface area contributed by atoms with E-state index in [-0.39, 0.29) is 30.9 Å². The number of amides is 4. The van der Waals surface area contributed by atoms with Gasteiger partial charge in [-0.1, -0.05) is 6.07 Å². The van der Waals surface area contributed by atoms with Crippen LogP contribution < -0.4 is 10.2 Å². The van der Waals surface area contributed by atoms with E-state index < -0.39 is 17.7 Å². The zero-order valence-electron chi connectivity index (χ0n) is 19.0. The summed E-state index contributed by atoms with van der Waals surface area (Å²) in [7, 11) is 0. The maximum Gasteiger partial charge on any atom is 0.416 e. The number of piperidine rings is 1. The first kappa shape index (κ1) is 22.6. The zero-order chi connectivity index (χ0) is 23.9. The van der Waals surface area contributed by atoms with Gasteiger partial charge in [0.05, 0.1) is 5.52 Å². The average Bonchev–Trinajstić information content (AvgIpc) is 3.12. The Bertz CT molecular complexity index is 1120. The number of fused-ring (bicyclic) bond motifs is 1. The molecule has 10 heteroatoms. The highest BCUT2D eigenvalue weighted by Gasteiger charge is 2.30. The second-order valence-electron chi connectivity index (χ2n) is 9.44. The van der Waals surface area contributed by atoms with E-state index in [0.717, 1.165) is 10.9 Å². The SMILES string of the molecule is CC(C)(C)OC(=O)N1CCC(c2cn(C(=O)O)c3cc(N4CCC(=O)NC4=O)ccc23)CC1. The van der Waals surface area contributed by atoms with Crippen LogP contribution in [0, 0.1) is 0 Å². The summed E-state index contributed by atoms with van der Waals surface area (Å²) in [4.78, 5) is 51.1. The van der Waals surface area contributed by atoms with Crippen molar-refractivity contribution < 1.29 is 29.0 Å². The van der Waals surface area contributed by atoms with Gasteiger partial charge in [-0.25, -0.2) is 14.4 Å². The maximum absolute atomic E-state index is 12.4. The van der Waals surface area contributed by atoms with E-state index in [1.54, 1.807) is 23.2 Å². The van der Waals surface area contributed by atoms with Gasteiger partial charge < -0.3 is 14.7 Å². The van der Waals surface area contributed by atoms with Gasteiger partial charge in [-0.2, -0.15) is 0 Å². The van der Waals surface area contributed by atoms with Crippen molar-refractivity contribution in [3.05, 3.63) is 30.0 Å². The van der Waals surface area contributed by atoms with E-state index in [2.05, 4.69) is 5.32 Å². The number of carbonyl (C=O) groups is 4. The molecule has 0 saturated carbocycles. The smallest absolute Gasteiger partial charge is 0.416 e. The topological polar surface area (TPSA) is 121 Å². The van der Waals surface area contributed by atoms with E-state index in [0.29, 0.717) is 37.1 Å². The number of likely N-dealkylation sites (tertiary alicyclic amines) is 1. The third-order valence-electron chi connectivity index (χ3n) is 5.98. The van der Waals surface area contributed by atoms with E-state index in [4.69, 9.17) is 4.74 Å². The normalized spacial score (nSPS) is 17.9. The molecule has 0 spiro atoms. The highest BCUT2D eigenvalue weighted by molar-refractivity contribution is 6.06. The highest BCUT2D eigenvalue weighted by Crippen LogP contribution is 2.36. The first-order valence-corrected chi connectivity index (χ1v) is 11.0. The number of carboxylic acid groups (broad SMARTS) is 1. The number of aromatic nitrogens is 1. The Morgan fingerprint density at radius 2 is 1.82 bits per heavy atom. The molecular weight excluding hydrogens is 428 g/mol. The van der Waals surface area contributed by atoms with Crippen molar-refractivity contribution >= 4 is 40.7 Å². The van der Waals surface area contributed by atoms with Gasteiger partial charge in [0.15, 0.2) is 0 Å². The minimum atomic E-state index is -1.12. The van der Waals surface area contributed by atoms with Crippen LogP contribution in [0.2, 0.25) is 0 Å². The fourth-order valence-corrected chi connectivity index (χ4v) is 4.40. The van der Waals surface area contributed by atoms with Crippen LogP contribution in [-0.2, 0) is 9.53 Å². The Balaban J connectivity index is 1.58. The molecule has 0 aliphatic carbocycles. The van der Waals surface area contributed by atoms with E-state index in [1.807, 2.05) is 26.8 Å². The van der Waals surface area contributed by atoms with Gasteiger partial charge in [0.25, 0.3) is 0 Å². The van der Waals surface area contributed by atoms with Crippen LogP contribution in [0.3, 0.4) is 0 Å². The van der Waals surface area contributed by atoms with E-state index >= 15 is 0 Å². The van der Waals surface area contributed by atoms with Crippen molar-refractivity contribution in [2.45, 2.75) is 51.6 Å². The molecule has 0 atom stereocenters. The van der Waals surface area contributed by atoms with E-state index in [1.165, 1.54) is 9.47 Å². The zero-order valence-corrected chi connectivity index (χ0v) is 19.0. The molecule has 176 valence electrons. The van der Waals surface area contributed by atoms with Crippen molar-refractivity contribution in [1.29, 1.82) is 0 Å². The molecular formula is C23H28N4O6. The maximum atomic E-state index is 12.4. The molecule has 2 fully saturated rings. The summed E-state index contributed by atoms with van der Waals surface area (Å²) in [6.07, 6.45) is 1.74. The molecule has 0 bridgehead atoms. The number of nitrogens with one attached hydrogen (secondary N) is 1. The fraction of sp³-hybridized carbons (Fsp3) is 0.478. The monoisotopic (exact) mass is 456 g/mol. The first-order chi connectivity index (χ1) is 15.5. The summed E-state index contributed by atoms with van der Waals surface area (Å²) in [6, 6.07) is 4.74. The molecule has 2 aliphatic heterocycles. The third-order valence-corrected chi connectivity index (χ3v) is 5.98. The van der Waals surface area contributed by atoms with Crippen LogP contribution >= 0.6 is 0 Å². The molecule has 33 heavy (non-hydrogen) atoms. The number of imide groups is 1. The van der Waals surface area contributed by atoms with Crippen LogP contribution in [0.5, 0.6) is 0 Å². The Hall–Kier alpha value is -3.56. The van der Waals surface area contributed by atoms with Crippen LogP contribution in [0.4, 0.5) is 20.1 Å². The Kier molecular flexibility index (Phi) is 5.77. The lowest BCUT2D eigenvalue weighted by atomic mass is 9.89. The first-order valence-electron chi connectivity index (χ1n) is 11.0. The van der Waals surface area contributed by atoms with Gasteiger partial charge in [-0.15, -0.1) is 0 Å². The van der Waals surface area contributed by atoms with Crippen molar-refractivity contribution in [2.24, 2.45) is 0 Å². The summed E-state index contributed by atoms with van der Waals surface area (Å²) in [5, 5.41) is 12.8. The number of urea groups is 1. The van der Waals surface area contributed by atoms with Crippen molar-refractivity contribution in [3.63, 3.8) is 0 Å². The van der Waals surface area contributed by atoms with Crippen LogP contribution in [-0.4, -0.2) is 63.9 Å². The number of anilines is 1. The van der Waals surface area contributed by atoms with Gasteiger partial charge in [0.1, 0.15) is 5.60 Å². The number of carbonyl (C=O) groups excluding carboxylic acids is 3. The number of ether oxygens (including phenoxy) is 1. The number of benzene rings is 1. The average molecular weight is 456 g/mol. The van der Waals surface area contributed by atoms with Gasteiger partial charge in [0.2, 0.25) is 5.91 Å². The number of rotatable bonds is 2. The minimum Gasteiger partial charge on any atom is -0.464 e. The Morgan fingerprint density at radius 3 is 2.42 bits per heavy atom. The molecule has 3 heterocycles. The summed E-state index contributed by atoms with van der Waals surface area (Å²) in [5.41, 5.74) is 1.36. The van der Waals surface area contributed by atoms with Gasteiger partial charge >= 0.3 is 18.2 Å². The predicted molar refractivity (Wildman–Crippen MR) is 121 cm³/mol. The molecule has 10 nitrogen and oxygen atoms in total. The third kappa shape index (κ3) is 4.64. The number of hydrogen-bond donors (Lipinski definition) is 2. The lowest BCUT2D eigenvalue weighted by Gasteiger charge is -2.33. The summed E-state index contributed by atoms with van der Waals surface area (Å²) in [6.45, 7) is 6.78. The van der Waals surface area contributed by atoms with Crippen LogP contribution in [0.1, 0.15) is 51.5 Å². The molecule has 1 aromatic carbocycles. The molecule has 1 aromatic heterocycles. The van der Waals surface area contributed by atoms with Crippen molar-refractivity contribution in [1.82, 2.24) is 14.8 Å². The summed E-state index contributed by atoms with van der Waals surface area (Å²) < 4.78 is 6.62. The molecule has 2 aromatic rings. The lowest BCUT2D eigenvalue weighted by Crippen LogP contribution is -2.49. The lowest BCUT2D eigenvalue weighted by molar-refractivity contribution is -0.120. The molecule has 2 aliphatic rings. The number of nitrogens with zero attached hydrogens (tertiary/aromatic N) is 3. The Morgan fingerprint density at radius 1 is 1.12 bits per heavy atom. The summed E-state index contributed by atoms with van der Waals surface area (Å²) in [5.74, 6) is -0.236. The van der Waals surface area contributed by atoms with Gasteiger partial charge in [-0.3, -0.25) is 19.6 Å². The van der Waals surface area contributed by atoms with Crippen LogP contribution in [0.15, 0.2) is 24.4 Å². The summed E-state index contributed by atoms with van der Waals surface area (Å²) >= 11 is 0. The fourth-order valence-electron chi connectivity index (χ4n) is 4.40. The molecule has 4 amide bonds. The highest BCUT2D eigenvalue weighted by atomic mass is 16.6. The van der Waals surface area contributed by atoms with Gasteiger partial charge in [-0.05, 0) is 57.2 Å². The van der Waals surface area contributed by atoms with Crippen LogP contribution in [0.25, 0.3) is 10.9 Å². The second-order valence-corrected chi connectivity index (χ2v) is 9.44. The largest absolute Gasteiger partial charge is 0.464 e. The Labute approximate surface area is 191 Å². The van der Waals surface area contributed by atoms with Crippen molar-refractivity contribution in [3.8, 4) is 0 Å². The van der Waals surface area contributed by atoms with Crippen molar-refractivity contribution in [2.75, 3.05) is 24.5 Å². The molecule has 0 unspecified atom stereocenters. The minimum absolute atomic E-state index is 0.0912. The molecule has 2 saturated heterocycles. The number of hydrogen-bond acceptors (Lipinski definition) is 5. The quantitative estimate of drug-likeness (QED) is 0.710. The molecule has 0 radical (unpaired) electrons. The van der Waals surface area contributed by atoms with Gasteiger partial charge in [0, 0.05) is 43.3 Å². The standard InChI is InChI=1S/C23H28N4O6/c1-23(2,3)33-22(32)25-9-6-14(7-10-25)17-13-27(21(30)31)18-12-15(4-5-16(17)18)26-11-8-19(28)24-20(26)29/h4-5,12-14H,6-11H2,1-3H3,(H,30,31)(H,24,28,29). The molecule has 2 N–H and O–H groups in total. The van der Waals surface area contributed by atoms with E-state index in [9.17, 15) is 24.3 Å². The molecule has 4 rings (SSSR count). The predicted octanol–water partition coefficient (Wildman–Crippen LogP) is 3.73.